The highest BCUT2D eigenvalue weighted by Gasteiger charge is 2.53. The number of hydrogen-bond acceptors (Lipinski definition) is 6. The largest absolute Gasteiger partial charge is 0.378 e. The summed E-state index contributed by atoms with van der Waals surface area (Å²) in [5.74, 6) is -1.89. The summed E-state index contributed by atoms with van der Waals surface area (Å²) < 4.78 is 16.1. The molecule has 0 amide bonds. The second-order valence-corrected chi connectivity index (χ2v) is 4.71. The topological polar surface area (TPSA) is 65.1 Å². The van der Waals surface area contributed by atoms with Crippen LogP contribution in [-0.4, -0.2) is 63.3 Å². The van der Waals surface area contributed by atoms with Crippen molar-refractivity contribution in [3.63, 3.8) is 0 Å². The molecule has 1 aliphatic carbocycles. The van der Waals surface area contributed by atoms with Gasteiger partial charge in [0.25, 0.3) is 0 Å². The van der Waals surface area contributed by atoms with Crippen LogP contribution in [0.1, 0.15) is 0 Å². The number of halogens is 1. The number of carbonyl (C=O) groups is 2. The molecular weight excluding hydrogens is 286 g/mol. The third-order valence-corrected chi connectivity index (χ3v) is 3.81. The van der Waals surface area contributed by atoms with Gasteiger partial charge in [-0.25, -0.2) is 0 Å². The molecule has 0 N–H and O–H groups in total. The molecule has 0 aromatic rings. The van der Waals surface area contributed by atoms with Crippen LogP contribution in [-0.2, 0) is 23.8 Å². The smallest absolute Gasteiger partial charge is 0.242 e. The summed E-state index contributed by atoms with van der Waals surface area (Å²) in [5, 5.41) is 0.0173. The highest BCUT2D eigenvalue weighted by Crippen LogP contribution is 2.44. The first-order chi connectivity index (χ1) is 9.62. The summed E-state index contributed by atoms with van der Waals surface area (Å²) in [6.07, 6.45) is 1.65. The van der Waals surface area contributed by atoms with Gasteiger partial charge in [0.15, 0.2) is 0 Å². The normalized spacial score (nSPS) is 24.6. The molecule has 1 saturated heterocycles. The monoisotopic (exact) mass is 301 g/mol. The number of allylic oxidation sites excluding steroid dienone is 2. The van der Waals surface area contributed by atoms with Crippen LogP contribution in [0.3, 0.4) is 0 Å². The van der Waals surface area contributed by atoms with Gasteiger partial charge in [-0.1, -0.05) is 11.6 Å². The molecule has 7 heteroatoms. The number of carbonyl (C=O) groups excluding carboxylic acids is 2. The van der Waals surface area contributed by atoms with Crippen molar-refractivity contribution in [2.45, 2.75) is 5.79 Å². The molecule has 110 valence electrons. The summed E-state index contributed by atoms with van der Waals surface area (Å²) in [7, 11) is 2.82. The zero-order valence-electron chi connectivity index (χ0n) is 11.3. The molecular formula is C13H16ClNO5. The summed E-state index contributed by atoms with van der Waals surface area (Å²) in [4.78, 5) is 24.9. The van der Waals surface area contributed by atoms with E-state index in [2.05, 4.69) is 0 Å². The predicted octanol–water partition coefficient (Wildman–Crippen LogP) is 0.466. The lowest BCUT2D eigenvalue weighted by Crippen LogP contribution is -2.47. The lowest BCUT2D eigenvalue weighted by atomic mass is 10.1. The standard InChI is InChI=1S/C13H16ClNO5/c1-18-13(19-2)9(3-6-16)11(17)10(14)12(13)15-4-7-20-8-5-15/h3,6H,4-5,7-8H2,1-2H3/b9-3-. The molecule has 0 saturated carbocycles. The average Bonchev–Trinajstić information content (AvgIpc) is 2.70. The van der Waals surface area contributed by atoms with Crippen LogP contribution in [0.2, 0.25) is 0 Å². The van der Waals surface area contributed by atoms with Gasteiger partial charge in [-0.05, 0) is 6.08 Å². The number of ketones is 1. The van der Waals surface area contributed by atoms with E-state index in [1.807, 2.05) is 4.90 Å². The number of rotatable bonds is 4. The minimum Gasteiger partial charge on any atom is -0.378 e. The molecule has 0 atom stereocenters. The molecule has 1 fully saturated rings. The number of hydrogen-bond donors (Lipinski definition) is 0. The summed E-state index contributed by atoms with van der Waals surface area (Å²) in [5.41, 5.74) is 0.523. The minimum atomic E-state index is -1.44. The van der Waals surface area contributed by atoms with Crippen LogP contribution in [0.15, 0.2) is 22.4 Å². The Morgan fingerprint density at radius 2 is 1.90 bits per heavy atom. The third kappa shape index (κ3) is 2.18. The molecule has 0 bridgehead atoms. The van der Waals surface area contributed by atoms with Gasteiger partial charge in [0, 0.05) is 27.3 Å². The van der Waals surface area contributed by atoms with E-state index in [0.29, 0.717) is 38.3 Å². The summed E-state index contributed by atoms with van der Waals surface area (Å²) in [6.45, 7) is 2.19. The number of ether oxygens (including phenoxy) is 3. The maximum atomic E-state index is 12.2. The molecule has 0 radical (unpaired) electrons. The van der Waals surface area contributed by atoms with Crippen molar-refractivity contribution >= 4 is 23.7 Å². The number of aldehydes is 1. The van der Waals surface area contributed by atoms with Gasteiger partial charge in [0.1, 0.15) is 17.0 Å². The SMILES string of the molecule is COC1(OC)C(N2CCOCC2)=C(Cl)C(=O)/C1=C/C=O. The molecule has 0 unspecified atom stereocenters. The Morgan fingerprint density at radius 1 is 1.30 bits per heavy atom. The van der Waals surface area contributed by atoms with Crippen LogP contribution < -0.4 is 0 Å². The highest BCUT2D eigenvalue weighted by molar-refractivity contribution is 6.47. The summed E-state index contributed by atoms with van der Waals surface area (Å²) >= 11 is 6.17. The predicted molar refractivity (Wildman–Crippen MR) is 71.2 cm³/mol. The van der Waals surface area contributed by atoms with Crippen LogP contribution in [0.5, 0.6) is 0 Å². The quantitative estimate of drug-likeness (QED) is 0.427. The molecule has 20 heavy (non-hydrogen) atoms. The van der Waals surface area contributed by atoms with Gasteiger partial charge in [0.05, 0.1) is 18.8 Å². The van der Waals surface area contributed by atoms with E-state index < -0.39 is 11.6 Å². The molecule has 2 rings (SSSR count). The van der Waals surface area contributed by atoms with Crippen molar-refractivity contribution < 1.29 is 23.8 Å². The minimum absolute atomic E-state index is 0.0173. The van der Waals surface area contributed by atoms with Crippen LogP contribution in [0.25, 0.3) is 0 Å². The highest BCUT2D eigenvalue weighted by atomic mass is 35.5. The van der Waals surface area contributed by atoms with E-state index in [-0.39, 0.29) is 10.6 Å². The maximum Gasteiger partial charge on any atom is 0.242 e. The van der Waals surface area contributed by atoms with Crippen molar-refractivity contribution in [3.05, 3.63) is 22.4 Å². The molecule has 0 spiro atoms. The molecule has 2 aliphatic rings. The van der Waals surface area contributed by atoms with Gasteiger partial charge in [-0.3, -0.25) is 9.59 Å². The Hall–Kier alpha value is -1.21. The number of nitrogens with zero attached hydrogens (tertiary/aromatic N) is 1. The lowest BCUT2D eigenvalue weighted by molar-refractivity contribution is -0.164. The fourth-order valence-corrected chi connectivity index (χ4v) is 2.88. The van der Waals surface area contributed by atoms with Crippen molar-refractivity contribution in [1.29, 1.82) is 0 Å². The fourth-order valence-electron chi connectivity index (χ4n) is 2.53. The van der Waals surface area contributed by atoms with Crippen molar-refractivity contribution in [3.8, 4) is 0 Å². The van der Waals surface area contributed by atoms with Crippen molar-refractivity contribution in [1.82, 2.24) is 4.90 Å². The molecule has 1 heterocycles. The zero-order chi connectivity index (χ0) is 14.8. The fraction of sp³-hybridized carbons (Fsp3) is 0.538. The Bertz CT molecular complexity index is 475. The molecule has 0 aromatic carbocycles. The van der Waals surface area contributed by atoms with Gasteiger partial charge >= 0.3 is 0 Å². The van der Waals surface area contributed by atoms with Crippen molar-refractivity contribution in [2.24, 2.45) is 0 Å². The number of Topliss-reactive ketones (excluding diaryl/α,β-unsaturated/α-hetero) is 1. The Balaban J connectivity index is 2.52. The van der Waals surface area contributed by atoms with Gasteiger partial charge < -0.3 is 19.1 Å². The molecule has 1 aliphatic heterocycles. The molecule has 6 nitrogen and oxygen atoms in total. The average molecular weight is 302 g/mol. The van der Waals surface area contributed by atoms with E-state index >= 15 is 0 Å². The first-order valence-corrected chi connectivity index (χ1v) is 6.54. The third-order valence-electron chi connectivity index (χ3n) is 3.46. The van der Waals surface area contributed by atoms with Gasteiger partial charge in [0.2, 0.25) is 11.6 Å². The second-order valence-electron chi connectivity index (χ2n) is 4.33. The maximum absolute atomic E-state index is 12.2. The second kappa shape index (κ2) is 6.05. The number of morpholine rings is 1. The van der Waals surface area contributed by atoms with Gasteiger partial charge in [-0.2, -0.15) is 0 Å². The summed E-state index contributed by atoms with van der Waals surface area (Å²) in [6, 6.07) is 0. The van der Waals surface area contributed by atoms with E-state index in [1.165, 1.54) is 14.2 Å². The van der Waals surface area contributed by atoms with E-state index in [9.17, 15) is 9.59 Å². The Kier molecular flexibility index (Phi) is 4.59. The van der Waals surface area contributed by atoms with Gasteiger partial charge in [-0.15, -0.1) is 0 Å². The zero-order valence-corrected chi connectivity index (χ0v) is 12.1. The van der Waals surface area contributed by atoms with E-state index in [0.717, 1.165) is 6.08 Å². The van der Waals surface area contributed by atoms with Crippen LogP contribution in [0.4, 0.5) is 0 Å². The Morgan fingerprint density at radius 3 is 2.40 bits per heavy atom. The molecule has 0 aromatic heterocycles. The lowest BCUT2D eigenvalue weighted by Gasteiger charge is -2.38. The van der Waals surface area contributed by atoms with Crippen molar-refractivity contribution in [2.75, 3.05) is 40.5 Å². The van der Waals surface area contributed by atoms with Crippen LogP contribution in [0, 0.1) is 0 Å². The number of methoxy groups -OCH3 is 2. The first-order valence-electron chi connectivity index (χ1n) is 6.16. The van der Waals surface area contributed by atoms with E-state index in [4.69, 9.17) is 25.8 Å². The Labute approximate surface area is 121 Å². The van der Waals surface area contributed by atoms with Crippen LogP contribution >= 0.6 is 11.6 Å². The first kappa shape index (κ1) is 15.2. The van der Waals surface area contributed by atoms with E-state index in [1.54, 1.807) is 0 Å².